The standard InChI is InChI=1S/C9H8BNO3S/c10-3-7(13)5-1-4(12)2-6-8(5)15-9(14)11-6/h1-2,12H,3,10H2,(H,11,14). The molecule has 2 N–H and O–H groups in total. The fourth-order valence-corrected chi connectivity index (χ4v) is 2.22. The highest BCUT2D eigenvalue weighted by molar-refractivity contribution is 7.20. The van der Waals surface area contributed by atoms with Gasteiger partial charge in [0.2, 0.25) is 0 Å². The Morgan fingerprint density at radius 3 is 2.87 bits per heavy atom. The van der Waals surface area contributed by atoms with Gasteiger partial charge in [-0.15, -0.1) is 0 Å². The van der Waals surface area contributed by atoms with Crippen molar-refractivity contribution in [1.82, 2.24) is 4.98 Å². The summed E-state index contributed by atoms with van der Waals surface area (Å²) < 4.78 is 0.622. The Morgan fingerprint density at radius 2 is 2.20 bits per heavy atom. The molecule has 0 aliphatic heterocycles. The molecule has 0 amide bonds. The fraction of sp³-hybridized carbons (Fsp3) is 0.111. The second-order valence-electron chi connectivity index (χ2n) is 3.11. The van der Waals surface area contributed by atoms with E-state index in [1.807, 2.05) is 0 Å². The average molecular weight is 221 g/mol. The Bertz CT molecular complexity index is 537. The number of hydrogen-bond acceptors (Lipinski definition) is 5. The highest BCUT2D eigenvalue weighted by Gasteiger charge is 2.14. The summed E-state index contributed by atoms with van der Waals surface area (Å²) in [4.78, 5) is 15.4. The summed E-state index contributed by atoms with van der Waals surface area (Å²) in [6.07, 6.45) is 0.358. The lowest BCUT2D eigenvalue weighted by atomic mass is 9.95. The Balaban J connectivity index is 2.75. The number of benzene rings is 1. The second-order valence-corrected chi connectivity index (χ2v) is 4.09. The molecule has 0 atom stereocenters. The number of carbonyl (C=O) groups excluding carboxylic acids is 1. The molecule has 0 fully saturated rings. The zero-order chi connectivity index (χ0) is 11.0. The minimum absolute atomic E-state index is 0.00963. The van der Waals surface area contributed by atoms with E-state index in [4.69, 9.17) is 0 Å². The van der Waals surface area contributed by atoms with Gasteiger partial charge in [0.1, 0.15) is 13.6 Å². The number of hydrogen-bond donors (Lipinski definition) is 2. The third-order valence-electron chi connectivity index (χ3n) is 2.09. The number of carbonyl (C=O) groups is 1. The molecule has 0 saturated carbocycles. The highest BCUT2D eigenvalue weighted by Crippen LogP contribution is 2.33. The molecule has 0 radical (unpaired) electrons. The molecule has 1 aromatic carbocycles. The number of phenolic OH excluding ortho intramolecular Hbond substituents is 1. The van der Waals surface area contributed by atoms with E-state index in [2.05, 4.69) is 4.98 Å². The number of Topliss-reactive ketones (excluding diaryl/α,β-unsaturated/α-hetero) is 1. The van der Waals surface area contributed by atoms with E-state index in [0.717, 1.165) is 11.3 Å². The molecule has 0 bridgehead atoms. The lowest BCUT2D eigenvalue weighted by Crippen LogP contribution is -1.97. The molecule has 0 unspecified atom stereocenters. The summed E-state index contributed by atoms with van der Waals surface area (Å²) in [5.41, 5.74) is 0.875. The first kappa shape index (κ1) is 9.98. The lowest BCUT2D eigenvalue weighted by Gasteiger charge is -2.00. The molecule has 76 valence electrons. The van der Waals surface area contributed by atoms with E-state index in [0.29, 0.717) is 22.1 Å². The van der Waals surface area contributed by atoms with Crippen LogP contribution >= 0.6 is 11.3 Å². The van der Waals surface area contributed by atoms with Crippen LogP contribution in [0.2, 0.25) is 6.32 Å². The molecule has 6 heteroatoms. The summed E-state index contributed by atoms with van der Waals surface area (Å²) in [5.74, 6) is -0.0795. The van der Waals surface area contributed by atoms with Crippen LogP contribution in [0.3, 0.4) is 0 Å². The van der Waals surface area contributed by atoms with Crippen molar-refractivity contribution in [3.05, 3.63) is 17.7 Å². The van der Waals surface area contributed by atoms with Crippen molar-refractivity contribution in [1.29, 1.82) is 0 Å². The van der Waals surface area contributed by atoms with E-state index in [-0.39, 0.29) is 16.7 Å². The van der Waals surface area contributed by atoms with Gasteiger partial charge >= 0.3 is 0 Å². The molecule has 2 rings (SSSR count). The summed E-state index contributed by atoms with van der Waals surface area (Å²) in [6.45, 7) is 0. The summed E-state index contributed by atoms with van der Waals surface area (Å²) in [5, 5.41) is 18.5. The first-order chi connectivity index (χ1) is 7.11. The zero-order valence-electron chi connectivity index (χ0n) is 8.02. The summed E-state index contributed by atoms with van der Waals surface area (Å²) in [7, 11) is 1.75. The number of aromatic hydroxyl groups is 2. The average Bonchev–Trinajstić information content (AvgIpc) is 2.55. The van der Waals surface area contributed by atoms with Gasteiger partial charge in [-0.2, -0.15) is 0 Å². The Morgan fingerprint density at radius 1 is 1.47 bits per heavy atom. The zero-order valence-corrected chi connectivity index (χ0v) is 8.84. The van der Waals surface area contributed by atoms with E-state index < -0.39 is 0 Å². The van der Waals surface area contributed by atoms with Crippen LogP contribution in [0.25, 0.3) is 10.2 Å². The smallest absolute Gasteiger partial charge is 0.271 e. The molecular weight excluding hydrogens is 213 g/mol. The van der Waals surface area contributed by atoms with Crippen molar-refractivity contribution in [3.8, 4) is 10.9 Å². The number of thiazole rings is 1. The molecule has 0 spiro atoms. The first-order valence-electron chi connectivity index (χ1n) is 4.47. The number of ketones is 1. The largest absolute Gasteiger partial charge is 0.508 e. The third kappa shape index (κ3) is 1.68. The number of rotatable bonds is 2. The predicted octanol–water partition coefficient (Wildman–Crippen LogP) is 0.942. The van der Waals surface area contributed by atoms with Gasteiger partial charge < -0.3 is 10.2 Å². The molecule has 1 aromatic heterocycles. The molecule has 0 aliphatic carbocycles. The molecule has 0 saturated heterocycles. The van der Waals surface area contributed by atoms with Crippen molar-refractivity contribution in [2.24, 2.45) is 0 Å². The van der Waals surface area contributed by atoms with Crippen LogP contribution < -0.4 is 0 Å². The maximum Gasteiger partial charge on any atom is 0.271 e. The van der Waals surface area contributed by atoms with Crippen LogP contribution in [0, 0.1) is 0 Å². The molecule has 15 heavy (non-hydrogen) atoms. The van der Waals surface area contributed by atoms with Gasteiger partial charge in [-0.25, -0.2) is 4.98 Å². The van der Waals surface area contributed by atoms with E-state index in [1.54, 1.807) is 7.85 Å². The SMILES string of the molecule is BCC(=O)c1cc(O)cc2nc(O)sc12. The topological polar surface area (TPSA) is 70.4 Å². The Hall–Kier alpha value is -1.56. The van der Waals surface area contributed by atoms with Gasteiger partial charge in [-0.1, -0.05) is 11.3 Å². The van der Waals surface area contributed by atoms with Gasteiger partial charge in [-0.3, -0.25) is 4.79 Å². The van der Waals surface area contributed by atoms with E-state index in [1.165, 1.54) is 12.1 Å². The molecular formula is C9H8BNO3S. The van der Waals surface area contributed by atoms with Crippen LogP contribution in [-0.4, -0.2) is 28.8 Å². The Kier molecular flexibility index (Phi) is 2.36. The van der Waals surface area contributed by atoms with Gasteiger partial charge in [0, 0.05) is 11.6 Å². The van der Waals surface area contributed by atoms with Crippen LogP contribution in [0.5, 0.6) is 10.9 Å². The van der Waals surface area contributed by atoms with Gasteiger partial charge in [0.05, 0.1) is 10.2 Å². The van der Waals surface area contributed by atoms with Crippen LogP contribution in [0.15, 0.2) is 12.1 Å². The van der Waals surface area contributed by atoms with E-state index >= 15 is 0 Å². The number of nitrogens with zero attached hydrogens (tertiary/aromatic N) is 1. The van der Waals surface area contributed by atoms with E-state index in [9.17, 15) is 15.0 Å². The quantitative estimate of drug-likeness (QED) is 0.584. The Labute approximate surface area is 90.6 Å². The van der Waals surface area contributed by atoms with Gasteiger partial charge in [0.25, 0.3) is 5.19 Å². The normalized spacial score (nSPS) is 10.7. The number of fused-ring (bicyclic) bond motifs is 1. The number of phenols is 1. The molecule has 0 aliphatic rings. The maximum absolute atomic E-state index is 11.6. The fourth-order valence-electron chi connectivity index (χ4n) is 1.40. The van der Waals surface area contributed by atoms with Crippen molar-refractivity contribution in [2.45, 2.75) is 6.32 Å². The van der Waals surface area contributed by atoms with Crippen molar-refractivity contribution in [2.75, 3.05) is 0 Å². The molecule has 2 aromatic rings. The lowest BCUT2D eigenvalue weighted by molar-refractivity contribution is 0.101. The van der Waals surface area contributed by atoms with Crippen molar-refractivity contribution >= 4 is 35.2 Å². The minimum atomic E-state index is -0.0965. The second kappa shape index (κ2) is 3.54. The third-order valence-corrected chi connectivity index (χ3v) is 2.99. The number of aromatic nitrogens is 1. The van der Waals surface area contributed by atoms with Crippen molar-refractivity contribution < 1.29 is 15.0 Å². The van der Waals surface area contributed by atoms with Crippen molar-refractivity contribution in [3.63, 3.8) is 0 Å². The summed E-state index contributed by atoms with van der Waals surface area (Å²) in [6, 6.07) is 2.84. The van der Waals surface area contributed by atoms with Gasteiger partial charge in [0.15, 0.2) is 5.78 Å². The van der Waals surface area contributed by atoms with Crippen LogP contribution in [0.4, 0.5) is 0 Å². The van der Waals surface area contributed by atoms with Gasteiger partial charge in [-0.05, 0) is 12.4 Å². The highest BCUT2D eigenvalue weighted by atomic mass is 32.1. The molecule has 1 heterocycles. The minimum Gasteiger partial charge on any atom is -0.508 e. The summed E-state index contributed by atoms with van der Waals surface area (Å²) >= 11 is 1.04. The maximum atomic E-state index is 11.6. The van der Waals surface area contributed by atoms with Crippen LogP contribution in [0.1, 0.15) is 10.4 Å². The first-order valence-corrected chi connectivity index (χ1v) is 5.29. The van der Waals surface area contributed by atoms with Crippen LogP contribution in [-0.2, 0) is 0 Å². The molecule has 4 nitrogen and oxygen atoms in total. The monoisotopic (exact) mass is 221 g/mol. The predicted molar refractivity (Wildman–Crippen MR) is 60.6 cm³/mol.